The molecule has 4 rings (SSSR count). The Labute approximate surface area is 214 Å². The molecule has 1 N–H and O–H groups in total. The van der Waals surface area contributed by atoms with E-state index in [9.17, 15) is 4.79 Å². The predicted molar refractivity (Wildman–Crippen MR) is 139 cm³/mol. The summed E-state index contributed by atoms with van der Waals surface area (Å²) < 4.78 is 32.8. The molecule has 9 heteroatoms. The van der Waals surface area contributed by atoms with Gasteiger partial charge < -0.3 is 28.4 Å². The third-order valence-electron chi connectivity index (χ3n) is 5.37. The number of aromatic nitrogens is 1. The van der Waals surface area contributed by atoms with Gasteiger partial charge in [0.2, 0.25) is 0 Å². The van der Waals surface area contributed by atoms with Gasteiger partial charge in [0.15, 0.2) is 11.5 Å². The average Bonchev–Trinajstić information content (AvgIpc) is 2.93. The van der Waals surface area contributed by atoms with E-state index >= 15 is 0 Å². The lowest BCUT2D eigenvalue weighted by Gasteiger charge is -2.13. The van der Waals surface area contributed by atoms with Crippen LogP contribution < -0.4 is 29.0 Å². The minimum absolute atomic E-state index is 0.223. The first-order valence-corrected chi connectivity index (χ1v) is 11.6. The highest BCUT2D eigenvalue weighted by Crippen LogP contribution is 2.37. The summed E-state index contributed by atoms with van der Waals surface area (Å²) in [4.78, 5) is 16.5. The number of hydrogen-bond donors (Lipinski definition) is 1. The average molecular weight is 505 g/mol. The van der Waals surface area contributed by atoms with Crippen molar-refractivity contribution in [3.63, 3.8) is 0 Å². The molecule has 0 spiro atoms. The van der Waals surface area contributed by atoms with Crippen LogP contribution in [0.4, 0.5) is 10.5 Å². The number of nitrogens with zero attached hydrogens (tertiary/aromatic N) is 1. The first kappa shape index (κ1) is 25.4. The number of amides is 1. The molecule has 0 aliphatic rings. The maximum atomic E-state index is 12.1. The van der Waals surface area contributed by atoms with Crippen LogP contribution in [0.3, 0.4) is 0 Å². The lowest BCUT2D eigenvalue weighted by molar-refractivity contribution is 0.152. The molecule has 1 amide bonds. The van der Waals surface area contributed by atoms with Gasteiger partial charge in [0.05, 0.1) is 40.1 Å². The van der Waals surface area contributed by atoms with Crippen LogP contribution in [0.25, 0.3) is 10.9 Å². The lowest BCUT2D eigenvalue weighted by Crippen LogP contribution is -2.15. The van der Waals surface area contributed by atoms with E-state index in [0.717, 1.165) is 11.1 Å². The summed E-state index contributed by atoms with van der Waals surface area (Å²) >= 11 is 0. The van der Waals surface area contributed by atoms with Gasteiger partial charge in [-0.05, 0) is 48.5 Å². The number of anilines is 1. The Morgan fingerprint density at radius 1 is 0.784 bits per heavy atom. The van der Waals surface area contributed by atoms with Crippen LogP contribution in [0.2, 0.25) is 0 Å². The maximum absolute atomic E-state index is 12.1. The van der Waals surface area contributed by atoms with E-state index in [0.29, 0.717) is 53.0 Å². The monoisotopic (exact) mass is 504 g/mol. The highest BCUT2D eigenvalue weighted by molar-refractivity contribution is 5.88. The van der Waals surface area contributed by atoms with E-state index in [1.54, 1.807) is 70.0 Å². The fourth-order valence-electron chi connectivity index (χ4n) is 3.53. The zero-order valence-corrected chi connectivity index (χ0v) is 20.9. The van der Waals surface area contributed by atoms with Gasteiger partial charge in [0.25, 0.3) is 0 Å². The molecule has 0 aliphatic carbocycles. The molecule has 1 aromatic heterocycles. The van der Waals surface area contributed by atoms with Crippen LogP contribution >= 0.6 is 0 Å². The third-order valence-corrected chi connectivity index (χ3v) is 5.37. The van der Waals surface area contributed by atoms with Crippen LogP contribution in [-0.4, -0.2) is 45.6 Å². The fraction of sp³-hybridized carbons (Fsp3) is 0.214. The number of fused-ring (bicyclic) bond motifs is 1. The first-order chi connectivity index (χ1) is 18.1. The number of ether oxygens (including phenoxy) is 6. The number of carbonyl (C=O) groups excluding carboxylic acids is 1. The van der Waals surface area contributed by atoms with E-state index in [-0.39, 0.29) is 6.61 Å². The van der Waals surface area contributed by atoms with Gasteiger partial charge in [-0.15, -0.1) is 0 Å². The highest BCUT2D eigenvalue weighted by Gasteiger charge is 2.12. The number of carbonyl (C=O) groups is 1. The molecular weight excluding hydrogens is 476 g/mol. The second-order valence-electron chi connectivity index (χ2n) is 7.80. The lowest BCUT2D eigenvalue weighted by atomic mass is 10.2. The molecule has 0 aliphatic heterocycles. The molecule has 0 bridgehead atoms. The number of methoxy groups -OCH3 is 3. The second-order valence-corrected chi connectivity index (χ2v) is 7.80. The summed E-state index contributed by atoms with van der Waals surface area (Å²) in [6.07, 6.45) is 1.67. The molecule has 0 fully saturated rings. The summed E-state index contributed by atoms with van der Waals surface area (Å²) in [6.45, 7) is 0.634. The number of benzene rings is 3. The minimum Gasteiger partial charge on any atom is -0.497 e. The van der Waals surface area contributed by atoms with Gasteiger partial charge in [-0.2, -0.15) is 0 Å². The molecule has 37 heavy (non-hydrogen) atoms. The number of nitrogens with one attached hydrogen (secondary N) is 1. The topological polar surface area (TPSA) is 97.4 Å². The summed E-state index contributed by atoms with van der Waals surface area (Å²) in [7, 11) is 4.76. The quantitative estimate of drug-likeness (QED) is 0.246. The van der Waals surface area contributed by atoms with Crippen molar-refractivity contribution in [1.82, 2.24) is 4.98 Å². The zero-order valence-electron chi connectivity index (χ0n) is 20.9. The minimum atomic E-state index is -0.545. The van der Waals surface area contributed by atoms with E-state index in [4.69, 9.17) is 28.4 Å². The van der Waals surface area contributed by atoms with Crippen molar-refractivity contribution in [2.24, 2.45) is 0 Å². The van der Waals surface area contributed by atoms with Crippen molar-refractivity contribution >= 4 is 22.7 Å². The summed E-state index contributed by atoms with van der Waals surface area (Å²) in [6, 6.07) is 19.7. The van der Waals surface area contributed by atoms with Crippen molar-refractivity contribution in [1.29, 1.82) is 0 Å². The Bertz CT molecular complexity index is 1340. The Morgan fingerprint density at radius 3 is 2.30 bits per heavy atom. The molecule has 3 aromatic carbocycles. The SMILES string of the molecule is COc1cccc(OCCCOC(=O)Nc2ccc(Oc3ccnc4cc(OC)c(OC)cc34)cc2)c1. The number of pyridine rings is 1. The molecule has 0 radical (unpaired) electrons. The fourth-order valence-corrected chi connectivity index (χ4v) is 3.53. The molecule has 0 atom stereocenters. The maximum Gasteiger partial charge on any atom is 0.411 e. The van der Waals surface area contributed by atoms with Gasteiger partial charge in [-0.25, -0.2) is 4.79 Å². The molecule has 1 heterocycles. The van der Waals surface area contributed by atoms with E-state index in [2.05, 4.69) is 10.3 Å². The number of hydrogen-bond acceptors (Lipinski definition) is 8. The van der Waals surface area contributed by atoms with E-state index in [1.165, 1.54) is 0 Å². The van der Waals surface area contributed by atoms with Gasteiger partial charge in [0.1, 0.15) is 23.0 Å². The molecule has 0 unspecified atom stereocenters. The Kier molecular flexibility index (Phi) is 8.49. The molecule has 9 nitrogen and oxygen atoms in total. The van der Waals surface area contributed by atoms with E-state index in [1.807, 2.05) is 24.3 Å². The smallest absolute Gasteiger partial charge is 0.411 e. The Hall–Kier alpha value is -4.66. The van der Waals surface area contributed by atoms with Crippen LogP contribution in [-0.2, 0) is 4.74 Å². The summed E-state index contributed by atoms with van der Waals surface area (Å²) in [5.74, 6) is 3.80. The highest BCUT2D eigenvalue weighted by atomic mass is 16.6. The van der Waals surface area contributed by atoms with Gasteiger partial charge in [0, 0.05) is 35.8 Å². The van der Waals surface area contributed by atoms with Crippen LogP contribution in [0.1, 0.15) is 6.42 Å². The predicted octanol–water partition coefficient (Wildman–Crippen LogP) is 6.07. The second kappa shape index (κ2) is 12.3. The van der Waals surface area contributed by atoms with Crippen LogP contribution in [0, 0.1) is 0 Å². The summed E-state index contributed by atoms with van der Waals surface area (Å²) in [5, 5.41) is 3.48. The van der Waals surface area contributed by atoms with Gasteiger partial charge in [-0.3, -0.25) is 10.3 Å². The largest absolute Gasteiger partial charge is 0.497 e. The molecule has 0 saturated carbocycles. The van der Waals surface area contributed by atoms with Gasteiger partial charge >= 0.3 is 6.09 Å². The molecular formula is C28H28N2O7. The first-order valence-electron chi connectivity index (χ1n) is 11.6. The molecule has 0 saturated heterocycles. The third kappa shape index (κ3) is 6.72. The van der Waals surface area contributed by atoms with E-state index < -0.39 is 6.09 Å². The van der Waals surface area contributed by atoms with Crippen molar-refractivity contribution in [2.75, 3.05) is 39.9 Å². The normalized spacial score (nSPS) is 10.5. The van der Waals surface area contributed by atoms with Gasteiger partial charge in [-0.1, -0.05) is 6.07 Å². The Morgan fingerprint density at radius 2 is 1.54 bits per heavy atom. The van der Waals surface area contributed by atoms with Crippen molar-refractivity contribution in [3.8, 4) is 34.5 Å². The standard InChI is InChI=1S/C28H28N2O7/c1-32-21-6-4-7-22(16-21)35-14-5-15-36-28(31)30-19-8-10-20(11-9-19)37-25-12-13-29-24-18-27(34-3)26(33-2)17-23(24)25/h4,6-13,16-18H,5,14-15H2,1-3H3,(H,30,31). The van der Waals surface area contributed by atoms with Crippen molar-refractivity contribution in [3.05, 3.63) is 72.9 Å². The van der Waals surface area contributed by atoms with Crippen molar-refractivity contribution in [2.45, 2.75) is 6.42 Å². The Balaban J connectivity index is 1.27. The zero-order chi connectivity index (χ0) is 26.0. The van der Waals surface area contributed by atoms with Crippen molar-refractivity contribution < 1.29 is 33.2 Å². The summed E-state index contributed by atoms with van der Waals surface area (Å²) in [5.41, 5.74) is 1.29. The van der Waals surface area contributed by atoms with Crippen LogP contribution in [0.5, 0.6) is 34.5 Å². The number of rotatable bonds is 11. The molecule has 192 valence electrons. The van der Waals surface area contributed by atoms with Crippen LogP contribution in [0.15, 0.2) is 72.9 Å². The molecule has 4 aromatic rings.